The Hall–Kier alpha value is -0.220. The van der Waals surface area contributed by atoms with Gasteiger partial charge in [-0.25, -0.2) is 0 Å². The number of ether oxygens (including phenoxy) is 1. The quantitative estimate of drug-likeness (QED) is 0.609. The van der Waals surface area contributed by atoms with Gasteiger partial charge in [-0.3, -0.25) is 0 Å². The summed E-state index contributed by atoms with van der Waals surface area (Å²) < 4.78 is 7.01. The molecule has 0 spiro atoms. The maximum atomic E-state index is 6.18. The van der Waals surface area contributed by atoms with Crippen molar-refractivity contribution in [1.82, 2.24) is 0 Å². The molecule has 5 heteroatoms. The minimum atomic E-state index is -0.0171. The van der Waals surface area contributed by atoms with Crippen LogP contribution in [0.3, 0.4) is 0 Å². The van der Waals surface area contributed by atoms with Gasteiger partial charge in [0.25, 0.3) is 0 Å². The van der Waals surface area contributed by atoms with Crippen LogP contribution in [0.15, 0.2) is 30.3 Å². The topological polar surface area (TPSA) is 9.23 Å². The lowest BCUT2D eigenvalue weighted by Crippen LogP contribution is -1.99. The fourth-order valence-corrected chi connectivity index (χ4v) is 4.23. The van der Waals surface area contributed by atoms with Gasteiger partial charge in [0.1, 0.15) is 5.75 Å². The number of para-hydroxylation sites is 1. The summed E-state index contributed by atoms with van der Waals surface area (Å²) in [6.07, 6.45) is 0. The fourth-order valence-electron chi connectivity index (χ4n) is 1.67. The molecule has 96 valence electrons. The largest absolute Gasteiger partial charge is 0.494 e. The van der Waals surface area contributed by atoms with E-state index in [4.69, 9.17) is 27.9 Å². The van der Waals surface area contributed by atoms with Crippen molar-refractivity contribution in [3.8, 4) is 5.75 Å². The first-order valence-corrected chi connectivity index (χ1v) is 7.92. The molecule has 1 atom stereocenters. The minimum absolute atomic E-state index is 0.0171. The monoisotopic (exact) mass is 364 g/mol. The summed E-state index contributed by atoms with van der Waals surface area (Å²) in [6, 6.07) is 9.79. The number of hydrogen-bond acceptors (Lipinski definition) is 2. The maximum Gasteiger partial charge on any atom is 0.123 e. The van der Waals surface area contributed by atoms with Gasteiger partial charge in [0.15, 0.2) is 0 Å². The molecule has 1 nitrogen and oxygen atoms in total. The van der Waals surface area contributed by atoms with Crippen LogP contribution in [0.5, 0.6) is 5.75 Å². The standard InChI is InChI=1S/C13H11BrCl2OS/c1-2-17-10-6-4-3-5-8(10)12(14)9-7-11(15)18-13(9)16/h3-7,12H,2H2,1H3. The number of alkyl halides is 1. The van der Waals surface area contributed by atoms with E-state index in [0.29, 0.717) is 15.3 Å². The van der Waals surface area contributed by atoms with E-state index >= 15 is 0 Å². The first-order chi connectivity index (χ1) is 8.63. The predicted octanol–water partition coefficient (Wildman–Crippen LogP) is 5.94. The summed E-state index contributed by atoms with van der Waals surface area (Å²) >= 11 is 17.2. The smallest absolute Gasteiger partial charge is 0.123 e. The first kappa shape index (κ1) is 14.2. The van der Waals surface area contributed by atoms with E-state index in [9.17, 15) is 0 Å². The highest BCUT2D eigenvalue weighted by Crippen LogP contribution is 2.43. The second-order valence-electron chi connectivity index (χ2n) is 3.61. The lowest BCUT2D eigenvalue weighted by Gasteiger charge is -2.14. The maximum absolute atomic E-state index is 6.18. The molecule has 0 bridgehead atoms. The van der Waals surface area contributed by atoms with Crippen LogP contribution in [-0.2, 0) is 0 Å². The predicted molar refractivity (Wildman–Crippen MR) is 82.7 cm³/mol. The van der Waals surface area contributed by atoms with Crippen molar-refractivity contribution < 1.29 is 4.74 Å². The Labute approximate surface area is 129 Å². The number of benzene rings is 1. The first-order valence-electron chi connectivity index (χ1n) is 5.44. The van der Waals surface area contributed by atoms with Crippen LogP contribution in [0, 0.1) is 0 Å². The Morgan fingerprint density at radius 1 is 1.28 bits per heavy atom. The number of rotatable bonds is 4. The summed E-state index contributed by atoms with van der Waals surface area (Å²) in [7, 11) is 0. The van der Waals surface area contributed by atoms with Crippen molar-refractivity contribution in [3.05, 3.63) is 50.1 Å². The zero-order chi connectivity index (χ0) is 13.1. The summed E-state index contributed by atoms with van der Waals surface area (Å²) in [4.78, 5) is -0.0171. The minimum Gasteiger partial charge on any atom is -0.494 e. The van der Waals surface area contributed by atoms with Crippen molar-refractivity contribution in [2.24, 2.45) is 0 Å². The van der Waals surface area contributed by atoms with Crippen LogP contribution in [-0.4, -0.2) is 6.61 Å². The van der Waals surface area contributed by atoms with Crippen molar-refractivity contribution in [3.63, 3.8) is 0 Å². The molecule has 0 saturated carbocycles. The number of halogens is 3. The highest BCUT2D eigenvalue weighted by atomic mass is 79.9. The molecular weight excluding hydrogens is 355 g/mol. The van der Waals surface area contributed by atoms with Crippen LogP contribution in [0.2, 0.25) is 8.67 Å². The Morgan fingerprint density at radius 2 is 2.00 bits per heavy atom. The molecule has 18 heavy (non-hydrogen) atoms. The number of hydrogen-bond donors (Lipinski definition) is 0. The molecule has 0 aliphatic heterocycles. The molecule has 0 fully saturated rings. The third-order valence-corrected chi connectivity index (χ3v) is 4.95. The normalized spacial score (nSPS) is 12.4. The molecule has 1 aromatic heterocycles. The molecule has 2 rings (SSSR count). The van der Waals surface area contributed by atoms with E-state index < -0.39 is 0 Å². The molecular formula is C13H11BrCl2OS. The molecule has 0 radical (unpaired) electrons. The van der Waals surface area contributed by atoms with Crippen LogP contribution < -0.4 is 4.74 Å². The molecule has 0 saturated heterocycles. The van der Waals surface area contributed by atoms with Gasteiger partial charge in [-0.05, 0) is 19.1 Å². The second kappa shape index (κ2) is 6.29. The average Bonchev–Trinajstić information content (AvgIpc) is 2.69. The summed E-state index contributed by atoms with van der Waals surface area (Å²) in [5.41, 5.74) is 2.02. The third kappa shape index (κ3) is 3.02. The lowest BCUT2D eigenvalue weighted by molar-refractivity contribution is 0.337. The fraction of sp³-hybridized carbons (Fsp3) is 0.231. The van der Waals surface area contributed by atoms with E-state index in [-0.39, 0.29) is 4.83 Å². The van der Waals surface area contributed by atoms with Crippen LogP contribution in [0.25, 0.3) is 0 Å². The van der Waals surface area contributed by atoms with Crippen molar-refractivity contribution in [1.29, 1.82) is 0 Å². The zero-order valence-electron chi connectivity index (χ0n) is 9.62. The Bertz CT molecular complexity index is 542. The van der Waals surface area contributed by atoms with Crippen LogP contribution in [0.1, 0.15) is 22.9 Å². The molecule has 0 aliphatic rings. The summed E-state index contributed by atoms with van der Waals surface area (Å²) in [5, 5.41) is 0. The molecule has 0 amide bonds. The number of thiophene rings is 1. The SMILES string of the molecule is CCOc1ccccc1C(Br)c1cc(Cl)sc1Cl. The van der Waals surface area contributed by atoms with Gasteiger partial charge in [-0.1, -0.05) is 57.3 Å². The molecule has 1 heterocycles. The van der Waals surface area contributed by atoms with Crippen molar-refractivity contribution in [2.75, 3.05) is 6.61 Å². The highest BCUT2D eigenvalue weighted by molar-refractivity contribution is 9.09. The Morgan fingerprint density at radius 3 is 2.61 bits per heavy atom. The van der Waals surface area contributed by atoms with Crippen LogP contribution >= 0.6 is 50.5 Å². The lowest BCUT2D eigenvalue weighted by atomic mass is 10.1. The molecule has 1 unspecified atom stereocenters. The Balaban J connectivity index is 2.39. The van der Waals surface area contributed by atoms with E-state index in [0.717, 1.165) is 16.9 Å². The molecule has 0 N–H and O–H groups in total. The second-order valence-corrected chi connectivity index (χ2v) is 6.81. The van der Waals surface area contributed by atoms with E-state index in [1.807, 2.05) is 37.3 Å². The van der Waals surface area contributed by atoms with Gasteiger partial charge < -0.3 is 4.74 Å². The third-order valence-electron chi connectivity index (χ3n) is 2.45. The van der Waals surface area contributed by atoms with Gasteiger partial charge in [-0.2, -0.15) is 0 Å². The van der Waals surface area contributed by atoms with Gasteiger partial charge in [0, 0.05) is 11.1 Å². The van der Waals surface area contributed by atoms with E-state index in [1.165, 1.54) is 11.3 Å². The van der Waals surface area contributed by atoms with E-state index in [2.05, 4.69) is 15.9 Å². The van der Waals surface area contributed by atoms with Gasteiger partial charge in [0.2, 0.25) is 0 Å². The van der Waals surface area contributed by atoms with Crippen LogP contribution in [0.4, 0.5) is 0 Å². The van der Waals surface area contributed by atoms with E-state index in [1.54, 1.807) is 0 Å². The molecule has 1 aromatic carbocycles. The average molecular weight is 366 g/mol. The van der Waals surface area contributed by atoms with Gasteiger partial charge in [0.05, 0.1) is 20.1 Å². The van der Waals surface area contributed by atoms with Gasteiger partial charge in [-0.15, -0.1) is 11.3 Å². The molecule has 0 aliphatic carbocycles. The van der Waals surface area contributed by atoms with Gasteiger partial charge >= 0.3 is 0 Å². The summed E-state index contributed by atoms with van der Waals surface area (Å²) in [5.74, 6) is 0.861. The highest BCUT2D eigenvalue weighted by Gasteiger charge is 2.19. The zero-order valence-corrected chi connectivity index (χ0v) is 13.5. The van der Waals surface area contributed by atoms with Crippen molar-refractivity contribution >= 4 is 50.5 Å². The summed E-state index contributed by atoms with van der Waals surface area (Å²) in [6.45, 7) is 2.60. The Kier molecular flexibility index (Phi) is 4.96. The van der Waals surface area contributed by atoms with Crippen molar-refractivity contribution in [2.45, 2.75) is 11.8 Å². The molecule has 2 aromatic rings.